The minimum atomic E-state index is -0.547. The third kappa shape index (κ3) is 4.95. The maximum absolute atomic E-state index is 14.4. The Labute approximate surface area is 180 Å². The molecule has 3 rings (SSSR count). The number of amides is 1. The van der Waals surface area contributed by atoms with Gasteiger partial charge in [0.25, 0.3) is 5.56 Å². The molecule has 6 nitrogen and oxygen atoms in total. The average Bonchev–Trinajstić information content (AvgIpc) is 2.66. The molecule has 1 atom stereocenters. The van der Waals surface area contributed by atoms with E-state index in [1.807, 2.05) is 25.7 Å². The summed E-state index contributed by atoms with van der Waals surface area (Å²) < 4.78 is 21.3. The van der Waals surface area contributed by atoms with Crippen LogP contribution in [0.2, 0.25) is 5.02 Å². The van der Waals surface area contributed by atoms with Crippen molar-refractivity contribution in [2.45, 2.75) is 39.3 Å². The highest BCUT2D eigenvalue weighted by Crippen LogP contribution is 2.24. The van der Waals surface area contributed by atoms with Crippen molar-refractivity contribution in [3.8, 4) is 0 Å². The first kappa shape index (κ1) is 22.2. The van der Waals surface area contributed by atoms with E-state index in [4.69, 9.17) is 16.3 Å². The lowest BCUT2D eigenvalue weighted by molar-refractivity contribution is 0.0240. The molecule has 1 aliphatic heterocycles. The molecule has 1 aliphatic rings. The smallest absolute Gasteiger partial charge is 0.410 e. The summed E-state index contributed by atoms with van der Waals surface area (Å²) in [6.07, 6.45) is 1.31. The van der Waals surface area contributed by atoms with Gasteiger partial charge >= 0.3 is 6.09 Å². The van der Waals surface area contributed by atoms with Gasteiger partial charge in [-0.15, -0.1) is 0 Å². The highest BCUT2D eigenvalue weighted by Gasteiger charge is 2.27. The van der Waals surface area contributed by atoms with Crippen LogP contribution in [0.5, 0.6) is 0 Å². The Bertz CT molecular complexity index is 978. The van der Waals surface area contributed by atoms with Crippen molar-refractivity contribution in [3.05, 3.63) is 63.3 Å². The number of hydrogen-bond acceptors (Lipinski definition) is 4. The van der Waals surface area contributed by atoms with Crippen LogP contribution in [0.25, 0.3) is 0 Å². The van der Waals surface area contributed by atoms with E-state index < -0.39 is 17.5 Å². The van der Waals surface area contributed by atoms with Crippen LogP contribution in [0.4, 0.5) is 14.9 Å². The van der Waals surface area contributed by atoms with Gasteiger partial charge in [-0.2, -0.15) is 0 Å². The standard InChI is InChI=1S/C22H27ClFN3O3/c1-15(17-8-7-16(23)14-18(17)24)27-9-5-6-19(20(27)28)25-10-12-26(13-11-25)21(29)30-22(2,3)4/h5-9,14-15H,10-13H2,1-4H3. The number of nitrogens with zero attached hydrogens (tertiary/aromatic N) is 3. The minimum absolute atomic E-state index is 0.204. The van der Waals surface area contributed by atoms with Gasteiger partial charge in [0.2, 0.25) is 0 Å². The van der Waals surface area contributed by atoms with Crippen molar-refractivity contribution >= 4 is 23.4 Å². The molecule has 1 amide bonds. The number of aromatic nitrogens is 1. The van der Waals surface area contributed by atoms with Crippen LogP contribution >= 0.6 is 11.6 Å². The summed E-state index contributed by atoms with van der Waals surface area (Å²) in [4.78, 5) is 29.0. The van der Waals surface area contributed by atoms with Crippen LogP contribution in [0, 0.1) is 5.82 Å². The van der Waals surface area contributed by atoms with Crippen molar-refractivity contribution in [2.75, 3.05) is 31.1 Å². The van der Waals surface area contributed by atoms with Gasteiger partial charge in [-0.1, -0.05) is 17.7 Å². The number of carbonyl (C=O) groups is 1. The van der Waals surface area contributed by atoms with E-state index in [2.05, 4.69) is 0 Å². The van der Waals surface area contributed by atoms with Crippen molar-refractivity contribution in [3.63, 3.8) is 0 Å². The van der Waals surface area contributed by atoms with Gasteiger partial charge in [0, 0.05) is 43.0 Å². The number of carbonyl (C=O) groups excluding carboxylic acids is 1. The molecule has 2 aromatic rings. The largest absolute Gasteiger partial charge is 0.444 e. The summed E-state index contributed by atoms with van der Waals surface area (Å²) in [6, 6.07) is 7.51. The van der Waals surface area contributed by atoms with Crippen LogP contribution in [-0.4, -0.2) is 47.3 Å². The van der Waals surface area contributed by atoms with Crippen LogP contribution in [0.3, 0.4) is 0 Å². The highest BCUT2D eigenvalue weighted by atomic mass is 35.5. The number of halogens is 2. The molecule has 0 saturated carbocycles. The van der Waals surface area contributed by atoms with Gasteiger partial charge in [0.15, 0.2) is 0 Å². The quantitative estimate of drug-likeness (QED) is 0.721. The third-order valence-corrected chi connectivity index (χ3v) is 5.29. The van der Waals surface area contributed by atoms with Crippen LogP contribution in [0.1, 0.15) is 39.3 Å². The highest BCUT2D eigenvalue weighted by molar-refractivity contribution is 6.30. The van der Waals surface area contributed by atoms with Gasteiger partial charge in [-0.25, -0.2) is 9.18 Å². The number of piperazine rings is 1. The molecule has 1 unspecified atom stereocenters. The molecular formula is C22H27ClFN3O3. The van der Waals surface area contributed by atoms with Gasteiger partial charge in [-0.05, 0) is 52.0 Å². The molecule has 8 heteroatoms. The van der Waals surface area contributed by atoms with E-state index in [9.17, 15) is 14.0 Å². The predicted molar refractivity (Wildman–Crippen MR) is 116 cm³/mol. The number of ether oxygens (including phenoxy) is 1. The number of anilines is 1. The third-order valence-electron chi connectivity index (χ3n) is 5.06. The second-order valence-corrected chi connectivity index (χ2v) is 8.84. The van der Waals surface area contributed by atoms with E-state index in [0.717, 1.165) is 0 Å². The average molecular weight is 436 g/mol. The molecule has 162 valence electrons. The van der Waals surface area contributed by atoms with E-state index in [0.29, 0.717) is 42.5 Å². The monoisotopic (exact) mass is 435 g/mol. The number of benzene rings is 1. The fraction of sp³-hybridized carbons (Fsp3) is 0.455. The molecule has 1 saturated heterocycles. The zero-order valence-corrected chi connectivity index (χ0v) is 18.4. The Morgan fingerprint density at radius 3 is 2.43 bits per heavy atom. The van der Waals surface area contributed by atoms with Crippen molar-refractivity contribution in [2.24, 2.45) is 0 Å². The van der Waals surface area contributed by atoms with Gasteiger partial charge in [0.05, 0.1) is 6.04 Å². The molecule has 0 bridgehead atoms. The Morgan fingerprint density at radius 1 is 1.17 bits per heavy atom. The number of pyridine rings is 1. The summed E-state index contributed by atoms with van der Waals surface area (Å²) in [6.45, 7) is 9.23. The molecule has 2 heterocycles. The zero-order chi connectivity index (χ0) is 22.1. The van der Waals surface area contributed by atoms with E-state index in [-0.39, 0.29) is 11.7 Å². The zero-order valence-electron chi connectivity index (χ0n) is 17.7. The number of hydrogen-bond donors (Lipinski definition) is 0. The second-order valence-electron chi connectivity index (χ2n) is 8.40. The summed E-state index contributed by atoms with van der Waals surface area (Å²) >= 11 is 5.84. The molecular weight excluding hydrogens is 409 g/mol. The lowest BCUT2D eigenvalue weighted by Crippen LogP contribution is -2.51. The lowest BCUT2D eigenvalue weighted by Gasteiger charge is -2.36. The maximum Gasteiger partial charge on any atom is 0.410 e. The van der Waals surface area contributed by atoms with Crippen LogP contribution in [-0.2, 0) is 4.74 Å². The Morgan fingerprint density at radius 2 is 1.83 bits per heavy atom. The molecule has 1 aromatic carbocycles. The second kappa shape index (κ2) is 8.68. The van der Waals surface area contributed by atoms with Crippen LogP contribution in [0.15, 0.2) is 41.3 Å². The Hall–Kier alpha value is -2.54. The molecule has 0 N–H and O–H groups in total. The summed E-state index contributed by atoms with van der Waals surface area (Å²) in [5.41, 5.74) is 0.176. The van der Waals surface area contributed by atoms with E-state index >= 15 is 0 Å². The molecule has 1 fully saturated rings. The SMILES string of the molecule is CC(c1ccc(Cl)cc1F)n1cccc(N2CCN(C(=O)OC(C)(C)C)CC2)c1=O. The summed E-state index contributed by atoms with van der Waals surface area (Å²) in [7, 11) is 0. The maximum atomic E-state index is 14.4. The first-order valence-electron chi connectivity index (χ1n) is 9.96. The van der Waals surface area contributed by atoms with Gasteiger partial charge in [-0.3, -0.25) is 4.79 Å². The molecule has 0 aliphatic carbocycles. The Kier molecular flexibility index (Phi) is 6.41. The normalized spacial score (nSPS) is 15.8. The Balaban J connectivity index is 1.76. The fourth-order valence-electron chi connectivity index (χ4n) is 3.49. The van der Waals surface area contributed by atoms with Crippen molar-refractivity contribution < 1.29 is 13.9 Å². The predicted octanol–water partition coefficient (Wildman–Crippen LogP) is 4.31. The lowest BCUT2D eigenvalue weighted by atomic mass is 10.1. The first-order chi connectivity index (χ1) is 14.1. The topological polar surface area (TPSA) is 54.8 Å². The van der Waals surface area contributed by atoms with Gasteiger partial charge in [0.1, 0.15) is 17.1 Å². The number of rotatable bonds is 3. The minimum Gasteiger partial charge on any atom is -0.444 e. The summed E-state index contributed by atoms with van der Waals surface area (Å²) in [5.74, 6) is -0.446. The van der Waals surface area contributed by atoms with E-state index in [1.165, 1.54) is 10.6 Å². The van der Waals surface area contributed by atoms with E-state index in [1.54, 1.807) is 42.3 Å². The van der Waals surface area contributed by atoms with Gasteiger partial charge < -0.3 is 19.1 Å². The summed E-state index contributed by atoms with van der Waals surface area (Å²) in [5, 5.41) is 0.312. The molecule has 1 aromatic heterocycles. The van der Waals surface area contributed by atoms with Crippen LogP contribution < -0.4 is 10.5 Å². The van der Waals surface area contributed by atoms with Crippen molar-refractivity contribution in [1.82, 2.24) is 9.47 Å². The first-order valence-corrected chi connectivity index (χ1v) is 10.3. The molecule has 0 spiro atoms. The molecule has 30 heavy (non-hydrogen) atoms. The van der Waals surface area contributed by atoms with Crippen molar-refractivity contribution in [1.29, 1.82) is 0 Å². The molecule has 0 radical (unpaired) electrons. The fourth-order valence-corrected chi connectivity index (χ4v) is 3.65.